The number of esters is 1. The van der Waals surface area contributed by atoms with Crippen LogP contribution in [0.4, 0.5) is 0 Å². The van der Waals surface area contributed by atoms with Gasteiger partial charge in [-0.05, 0) is 12.1 Å². The molecule has 0 saturated heterocycles. The molecule has 3 heteroatoms. The van der Waals surface area contributed by atoms with Gasteiger partial charge in [-0.2, -0.15) is 0 Å². The number of ether oxygens (including phenoxy) is 1. The van der Waals surface area contributed by atoms with Gasteiger partial charge in [0.05, 0.1) is 12.7 Å². The van der Waals surface area contributed by atoms with E-state index in [0.717, 1.165) is 0 Å². The van der Waals surface area contributed by atoms with Crippen LogP contribution in [-0.4, -0.2) is 18.9 Å². The van der Waals surface area contributed by atoms with E-state index in [-0.39, 0.29) is 11.8 Å². The largest absolute Gasteiger partial charge is 0.465 e. The fraction of sp³-hybridized carbons (Fsp3) is 0.273. The second-order valence-electron chi connectivity index (χ2n) is 2.85. The van der Waals surface area contributed by atoms with Crippen molar-refractivity contribution in [2.24, 2.45) is 0 Å². The number of hydrogen-bond donors (Lipinski definition) is 0. The molecule has 0 atom stereocenters. The molecule has 0 aromatic heterocycles. The van der Waals surface area contributed by atoms with Gasteiger partial charge < -0.3 is 4.74 Å². The zero-order valence-electron chi connectivity index (χ0n) is 8.24. The summed E-state index contributed by atoms with van der Waals surface area (Å²) in [5, 5.41) is 0. The lowest BCUT2D eigenvalue weighted by molar-refractivity contribution is 0.0600. The first-order valence-electron chi connectivity index (χ1n) is 4.40. The molecule has 1 aromatic carbocycles. The molecule has 1 rings (SSSR count). The summed E-state index contributed by atoms with van der Waals surface area (Å²) < 4.78 is 4.54. The van der Waals surface area contributed by atoms with Gasteiger partial charge in [0.1, 0.15) is 0 Å². The highest BCUT2D eigenvalue weighted by Gasteiger charge is 2.06. The quantitative estimate of drug-likeness (QED) is 0.544. The van der Waals surface area contributed by atoms with E-state index in [1.807, 2.05) is 0 Å². The Bertz CT molecular complexity index is 303. The molecular formula is C11H12O3. The predicted octanol–water partition coefficient (Wildman–Crippen LogP) is 2.07. The monoisotopic (exact) mass is 192 g/mol. The van der Waals surface area contributed by atoms with E-state index < -0.39 is 0 Å². The summed E-state index contributed by atoms with van der Waals surface area (Å²) in [4.78, 5) is 22.3. The Labute approximate surface area is 82.7 Å². The lowest BCUT2D eigenvalue weighted by atomic mass is 10.1. The Balaban J connectivity index is 2.89. The lowest BCUT2D eigenvalue weighted by Gasteiger charge is -2.00. The van der Waals surface area contributed by atoms with Crippen LogP contribution in [0.2, 0.25) is 0 Å². The summed E-state index contributed by atoms with van der Waals surface area (Å²) in [6.07, 6.45) is 0.470. The summed E-state index contributed by atoms with van der Waals surface area (Å²) in [5.74, 6) is -0.318. The van der Waals surface area contributed by atoms with Crippen molar-refractivity contribution in [3.63, 3.8) is 0 Å². The first-order chi connectivity index (χ1) is 6.69. The molecule has 0 aliphatic carbocycles. The Morgan fingerprint density at radius 1 is 1.14 bits per heavy atom. The van der Waals surface area contributed by atoms with E-state index in [0.29, 0.717) is 17.5 Å². The third kappa shape index (κ3) is 2.19. The molecule has 0 saturated carbocycles. The standard InChI is InChI=1S/C11H12O3/c1-3-10(12)8-4-6-9(7-5-8)11(13)14-2/h4-7H,3H2,1-2H3. The zero-order valence-corrected chi connectivity index (χ0v) is 8.24. The van der Waals surface area contributed by atoms with Gasteiger partial charge >= 0.3 is 5.97 Å². The van der Waals surface area contributed by atoms with E-state index in [1.54, 1.807) is 31.2 Å². The van der Waals surface area contributed by atoms with Crippen molar-refractivity contribution in [2.45, 2.75) is 13.3 Å². The van der Waals surface area contributed by atoms with E-state index in [4.69, 9.17) is 0 Å². The number of rotatable bonds is 3. The maximum absolute atomic E-state index is 11.2. The summed E-state index contributed by atoms with van der Waals surface area (Å²) in [7, 11) is 1.33. The average Bonchev–Trinajstić information content (AvgIpc) is 2.27. The van der Waals surface area contributed by atoms with Crippen molar-refractivity contribution >= 4 is 11.8 Å². The number of methoxy groups -OCH3 is 1. The summed E-state index contributed by atoms with van der Waals surface area (Å²) in [5.41, 5.74) is 1.08. The molecule has 0 spiro atoms. The predicted molar refractivity (Wildman–Crippen MR) is 52.4 cm³/mol. The van der Waals surface area contributed by atoms with Crippen LogP contribution in [0.1, 0.15) is 34.1 Å². The zero-order chi connectivity index (χ0) is 10.6. The van der Waals surface area contributed by atoms with Crippen molar-refractivity contribution in [1.82, 2.24) is 0 Å². The van der Waals surface area contributed by atoms with Gasteiger partial charge in [-0.1, -0.05) is 19.1 Å². The average molecular weight is 192 g/mol. The first kappa shape index (κ1) is 10.4. The minimum Gasteiger partial charge on any atom is -0.465 e. The number of ketones is 1. The van der Waals surface area contributed by atoms with Gasteiger partial charge in [0.25, 0.3) is 0 Å². The second-order valence-corrected chi connectivity index (χ2v) is 2.85. The van der Waals surface area contributed by atoms with Crippen LogP contribution in [0.15, 0.2) is 24.3 Å². The molecule has 0 N–H and O–H groups in total. The smallest absolute Gasteiger partial charge is 0.337 e. The van der Waals surface area contributed by atoms with Gasteiger partial charge in [0.2, 0.25) is 0 Å². The van der Waals surface area contributed by atoms with Crippen molar-refractivity contribution in [3.8, 4) is 0 Å². The molecule has 0 aliphatic heterocycles. The molecule has 0 bridgehead atoms. The van der Waals surface area contributed by atoms with Crippen LogP contribution in [-0.2, 0) is 4.74 Å². The molecule has 74 valence electrons. The molecule has 0 aliphatic rings. The molecule has 0 unspecified atom stereocenters. The molecule has 1 aromatic rings. The Hall–Kier alpha value is -1.64. The van der Waals surface area contributed by atoms with Crippen molar-refractivity contribution in [3.05, 3.63) is 35.4 Å². The van der Waals surface area contributed by atoms with E-state index in [2.05, 4.69) is 4.74 Å². The van der Waals surface area contributed by atoms with Gasteiger partial charge in [0, 0.05) is 12.0 Å². The van der Waals surface area contributed by atoms with E-state index in [9.17, 15) is 9.59 Å². The fourth-order valence-electron chi connectivity index (χ4n) is 1.11. The highest BCUT2D eigenvalue weighted by Crippen LogP contribution is 2.07. The maximum atomic E-state index is 11.2. The molecule has 0 radical (unpaired) electrons. The van der Waals surface area contributed by atoms with E-state index in [1.165, 1.54) is 7.11 Å². The van der Waals surface area contributed by atoms with Crippen molar-refractivity contribution in [2.75, 3.05) is 7.11 Å². The molecule has 14 heavy (non-hydrogen) atoms. The summed E-state index contributed by atoms with van der Waals surface area (Å²) in [6, 6.07) is 6.46. The van der Waals surface area contributed by atoms with Crippen LogP contribution in [0.25, 0.3) is 0 Å². The van der Waals surface area contributed by atoms with Crippen LogP contribution in [0.3, 0.4) is 0 Å². The number of hydrogen-bond acceptors (Lipinski definition) is 3. The molecule has 3 nitrogen and oxygen atoms in total. The third-order valence-electron chi connectivity index (χ3n) is 1.95. The Morgan fingerprint density at radius 3 is 2.07 bits per heavy atom. The number of carbonyl (C=O) groups is 2. The number of Topliss-reactive ketones (excluding diaryl/α,β-unsaturated/α-hetero) is 1. The normalized spacial score (nSPS) is 9.57. The third-order valence-corrected chi connectivity index (χ3v) is 1.95. The SMILES string of the molecule is CCC(=O)c1ccc(C(=O)OC)cc1. The van der Waals surface area contributed by atoms with Gasteiger partial charge in [-0.25, -0.2) is 4.79 Å². The minimum atomic E-state index is -0.388. The van der Waals surface area contributed by atoms with Gasteiger partial charge in [-0.3, -0.25) is 4.79 Å². The fourth-order valence-corrected chi connectivity index (χ4v) is 1.11. The first-order valence-corrected chi connectivity index (χ1v) is 4.40. The second kappa shape index (κ2) is 4.56. The van der Waals surface area contributed by atoms with Crippen molar-refractivity contribution < 1.29 is 14.3 Å². The minimum absolute atomic E-state index is 0.0708. The van der Waals surface area contributed by atoms with Crippen LogP contribution >= 0.6 is 0 Å². The number of benzene rings is 1. The highest BCUT2D eigenvalue weighted by molar-refractivity contribution is 5.97. The summed E-state index contributed by atoms with van der Waals surface area (Å²) >= 11 is 0. The topological polar surface area (TPSA) is 43.4 Å². The number of carbonyl (C=O) groups excluding carboxylic acids is 2. The van der Waals surface area contributed by atoms with Crippen LogP contribution in [0, 0.1) is 0 Å². The highest BCUT2D eigenvalue weighted by atomic mass is 16.5. The lowest BCUT2D eigenvalue weighted by Crippen LogP contribution is -2.02. The van der Waals surface area contributed by atoms with Crippen LogP contribution in [0.5, 0.6) is 0 Å². The van der Waals surface area contributed by atoms with Gasteiger partial charge in [0.15, 0.2) is 5.78 Å². The molecule has 0 fully saturated rings. The van der Waals surface area contributed by atoms with E-state index >= 15 is 0 Å². The molecule has 0 amide bonds. The Kier molecular flexibility index (Phi) is 3.40. The summed E-state index contributed by atoms with van der Waals surface area (Å²) in [6.45, 7) is 1.80. The maximum Gasteiger partial charge on any atom is 0.337 e. The van der Waals surface area contributed by atoms with Crippen molar-refractivity contribution in [1.29, 1.82) is 0 Å². The molecular weight excluding hydrogens is 180 g/mol. The molecule has 0 heterocycles. The van der Waals surface area contributed by atoms with Gasteiger partial charge in [-0.15, -0.1) is 0 Å². The van der Waals surface area contributed by atoms with Crippen LogP contribution < -0.4 is 0 Å². The Morgan fingerprint density at radius 2 is 1.64 bits per heavy atom.